The van der Waals surface area contributed by atoms with Gasteiger partial charge in [0.15, 0.2) is 0 Å². The zero-order valence-corrected chi connectivity index (χ0v) is 14.7. The summed E-state index contributed by atoms with van der Waals surface area (Å²) in [6.07, 6.45) is 0.476. The molecular formula is C17H19N3O2S2. The van der Waals surface area contributed by atoms with E-state index in [1.54, 1.807) is 30.3 Å². The molecule has 1 saturated heterocycles. The number of carbonyl (C=O) groups excluding carboxylic acids is 2. The van der Waals surface area contributed by atoms with Gasteiger partial charge in [-0.3, -0.25) is 9.59 Å². The van der Waals surface area contributed by atoms with Gasteiger partial charge in [-0.25, -0.2) is 0 Å². The van der Waals surface area contributed by atoms with Crippen LogP contribution >= 0.6 is 23.1 Å². The van der Waals surface area contributed by atoms with E-state index in [4.69, 9.17) is 0 Å². The van der Waals surface area contributed by atoms with Gasteiger partial charge in [-0.15, -0.1) is 11.3 Å². The summed E-state index contributed by atoms with van der Waals surface area (Å²) in [4.78, 5) is 24.7. The molecule has 2 amide bonds. The SMILES string of the molecule is O=C(CC1CSCCN1)Nc1ccc(NC(=O)c2cccs2)cc1. The van der Waals surface area contributed by atoms with Gasteiger partial charge in [-0.05, 0) is 35.7 Å². The van der Waals surface area contributed by atoms with Crippen LogP contribution in [0.15, 0.2) is 41.8 Å². The summed E-state index contributed by atoms with van der Waals surface area (Å²) in [5.74, 6) is 1.96. The Morgan fingerprint density at radius 2 is 1.88 bits per heavy atom. The molecule has 1 aliphatic rings. The second kappa shape index (κ2) is 8.32. The van der Waals surface area contributed by atoms with Crippen LogP contribution in [-0.4, -0.2) is 35.9 Å². The highest BCUT2D eigenvalue weighted by atomic mass is 32.2. The Balaban J connectivity index is 1.50. The van der Waals surface area contributed by atoms with E-state index in [-0.39, 0.29) is 17.9 Å². The van der Waals surface area contributed by atoms with E-state index in [2.05, 4.69) is 16.0 Å². The quantitative estimate of drug-likeness (QED) is 0.766. The van der Waals surface area contributed by atoms with Crippen molar-refractivity contribution in [2.75, 3.05) is 28.7 Å². The number of anilines is 2. The zero-order chi connectivity index (χ0) is 16.8. The van der Waals surface area contributed by atoms with Crippen molar-refractivity contribution in [2.24, 2.45) is 0 Å². The standard InChI is InChI=1S/C17H19N3O2S2/c21-16(10-14-11-23-9-7-18-14)19-12-3-5-13(6-4-12)20-17(22)15-2-1-8-24-15/h1-6,8,14,18H,7,9-11H2,(H,19,21)(H,20,22). The molecule has 2 heterocycles. The maximum absolute atomic E-state index is 12.1. The smallest absolute Gasteiger partial charge is 0.265 e. The maximum Gasteiger partial charge on any atom is 0.265 e. The summed E-state index contributed by atoms with van der Waals surface area (Å²) in [5.41, 5.74) is 1.44. The normalized spacial score (nSPS) is 17.2. The van der Waals surface area contributed by atoms with Crippen LogP contribution in [0.1, 0.15) is 16.1 Å². The molecule has 0 bridgehead atoms. The molecule has 1 unspecified atom stereocenters. The average Bonchev–Trinajstić information content (AvgIpc) is 3.12. The topological polar surface area (TPSA) is 70.2 Å². The maximum atomic E-state index is 12.1. The number of rotatable bonds is 5. The molecule has 0 spiro atoms. The zero-order valence-electron chi connectivity index (χ0n) is 13.1. The Morgan fingerprint density at radius 3 is 2.50 bits per heavy atom. The monoisotopic (exact) mass is 361 g/mol. The van der Waals surface area contributed by atoms with E-state index in [0.29, 0.717) is 17.0 Å². The minimum Gasteiger partial charge on any atom is -0.326 e. The van der Waals surface area contributed by atoms with Crippen molar-refractivity contribution in [2.45, 2.75) is 12.5 Å². The van der Waals surface area contributed by atoms with Crippen LogP contribution in [0.25, 0.3) is 0 Å². The number of thioether (sulfide) groups is 1. The van der Waals surface area contributed by atoms with Crippen molar-refractivity contribution >= 4 is 46.3 Å². The van der Waals surface area contributed by atoms with Crippen molar-refractivity contribution < 1.29 is 9.59 Å². The van der Waals surface area contributed by atoms with Gasteiger partial charge in [0.2, 0.25) is 5.91 Å². The summed E-state index contributed by atoms with van der Waals surface area (Å²) in [5, 5.41) is 11.0. The van der Waals surface area contributed by atoms with E-state index in [0.717, 1.165) is 23.7 Å². The molecule has 2 aromatic rings. The van der Waals surface area contributed by atoms with Crippen molar-refractivity contribution in [3.05, 3.63) is 46.7 Å². The predicted octanol–water partition coefficient (Wildman–Crippen LogP) is 3.03. The van der Waals surface area contributed by atoms with Crippen LogP contribution in [0.5, 0.6) is 0 Å². The van der Waals surface area contributed by atoms with Gasteiger partial charge in [0, 0.05) is 41.9 Å². The average molecular weight is 361 g/mol. The van der Waals surface area contributed by atoms with Gasteiger partial charge in [0.25, 0.3) is 5.91 Å². The fraction of sp³-hybridized carbons (Fsp3) is 0.294. The number of amides is 2. The third kappa shape index (κ3) is 4.83. The molecule has 126 valence electrons. The lowest BCUT2D eigenvalue weighted by atomic mass is 10.2. The van der Waals surface area contributed by atoms with Gasteiger partial charge in [-0.1, -0.05) is 6.07 Å². The molecule has 3 N–H and O–H groups in total. The van der Waals surface area contributed by atoms with Crippen LogP contribution in [0.4, 0.5) is 11.4 Å². The van der Waals surface area contributed by atoms with Gasteiger partial charge in [0.1, 0.15) is 0 Å². The Labute approximate surface area is 149 Å². The van der Waals surface area contributed by atoms with E-state index in [1.807, 2.05) is 23.2 Å². The van der Waals surface area contributed by atoms with Gasteiger partial charge in [0.05, 0.1) is 4.88 Å². The molecule has 0 radical (unpaired) electrons. The van der Waals surface area contributed by atoms with Crippen LogP contribution in [0.2, 0.25) is 0 Å². The highest BCUT2D eigenvalue weighted by Gasteiger charge is 2.16. The number of hydrogen-bond acceptors (Lipinski definition) is 5. The van der Waals surface area contributed by atoms with Crippen molar-refractivity contribution in [3.63, 3.8) is 0 Å². The fourth-order valence-corrected chi connectivity index (χ4v) is 3.99. The van der Waals surface area contributed by atoms with E-state index in [1.165, 1.54) is 11.3 Å². The summed E-state index contributed by atoms with van der Waals surface area (Å²) >= 11 is 3.28. The van der Waals surface area contributed by atoms with Crippen molar-refractivity contribution in [1.82, 2.24) is 5.32 Å². The molecule has 1 aliphatic heterocycles. The highest BCUT2D eigenvalue weighted by molar-refractivity contribution is 7.99. The summed E-state index contributed by atoms with van der Waals surface area (Å²) in [6.45, 7) is 0.960. The van der Waals surface area contributed by atoms with E-state index in [9.17, 15) is 9.59 Å². The molecule has 1 atom stereocenters. The molecule has 5 nitrogen and oxygen atoms in total. The second-order valence-electron chi connectivity index (χ2n) is 5.49. The Kier molecular flexibility index (Phi) is 5.90. The lowest BCUT2D eigenvalue weighted by Gasteiger charge is -2.22. The van der Waals surface area contributed by atoms with Crippen molar-refractivity contribution in [1.29, 1.82) is 0 Å². The largest absolute Gasteiger partial charge is 0.326 e. The molecule has 1 aromatic heterocycles. The lowest BCUT2D eigenvalue weighted by Crippen LogP contribution is -2.39. The minimum atomic E-state index is -0.123. The number of nitrogens with one attached hydrogen (secondary N) is 3. The van der Waals surface area contributed by atoms with Gasteiger partial charge >= 0.3 is 0 Å². The van der Waals surface area contributed by atoms with Crippen LogP contribution in [-0.2, 0) is 4.79 Å². The van der Waals surface area contributed by atoms with Crippen LogP contribution < -0.4 is 16.0 Å². The second-order valence-corrected chi connectivity index (χ2v) is 7.58. The van der Waals surface area contributed by atoms with Crippen LogP contribution in [0.3, 0.4) is 0 Å². The predicted molar refractivity (Wildman–Crippen MR) is 101 cm³/mol. The molecule has 7 heteroatoms. The third-order valence-corrected chi connectivity index (χ3v) is 5.60. The molecular weight excluding hydrogens is 342 g/mol. The van der Waals surface area contributed by atoms with E-state index < -0.39 is 0 Å². The first-order valence-electron chi connectivity index (χ1n) is 7.76. The Hall–Kier alpha value is -1.83. The number of benzene rings is 1. The first-order chi connectivity index (χ1) is 11.7. The first-order valence-corrected chi connectivity index (χ1v) is 9.80. The van der Waals surface area contributed by atoms with Crippen LogP contribution in [0, 0.1) is 0 Å². The lowest BCUT2D eigenvalue weighted by molar-refractivity contribution is -0.116. The number of carbonyl (C=O) groups is 2. The summed E-state index contributed by atoms with van der Waals surface area (Å²) in [7, 11) is 0. The molecule has 0 aliphatic carbocycles. The van der Waals surface area contributed by atoms with E-state index >= 15 is 0 Å². The fourth-order valence-electron chi connectivity index (χ4n) is 2.42. The molecule has 3 rings (SSSR count). The first kappa shape index (κ1) is 17.0. The third-order valence-electron chi connectivity index (χ3n) is 3.60. The van der Waals surface area contributed by atoms with Crippen molar-refractivity contribution in [3.8, 4) is 0 Å². The van der Waals surface area contributed by atoms with Gasteiger partial charge in [-0.2, -0.15) is 11.8 Å². The minimum absolute atomic E-state index is 0.00497. The summed E-state index contributed by atoms with van der Waals surface area (Å²) in [6, 6.07) is 11.0. The highest BCUT2D eigenvalue weighted by Crippen LogP contribution is 2.17. The summed E-state index contributed by atoms with van der Waals surface area (Å²) < 4.78 is 0. The molecule has 24 heavy (non-hydrogen) atoms. The molecule has 1 aromatic carbocycles. The Morgan fingerprint density at radius 1 is 1.12 bits per heavy atom. The number of hydrogen-bond donors (Lipinski definition) is 3. The molecule has 0 saturated carbocycles. The molecule has 1 fully saturated rings. The number of thiophene rings is 1. The van der Waals surface area contributed by atoms with Gasteiger partial charge < -0.3 is 16.0 Å². The Bertz CT molecular complexity index is 680.